The van der Waals surface area contributed by atoms with Crippen molar-refractivity contribution in [1.82, 2.24) is 0 Å². The molecule has 4 aromatic rings. The fourth-order valence-electron chi connectivity index (χ4n) is 5.75. The summed E-state index contributed by atoms with van der Waals surface area (Å²) in [4.78, 5) is 2.19. The minimum atomic E-state index is -5.25. The third kappa shape index (κ3) is 11.7. The Hall–Kier alpha value is -2.67. The van der Waals surface area contributed by atoms with Crippen LogP contribution in [0.25, 0.3) is 32.3 Å². The maximum atomic E-state index is 11.7. The van der Waals surface area contributed by atoms with Crippen LogP contribution in [-0.2, 0) is 30.4 Å². The van der Waals surface area contributed by atoms with E-state index in [1.54, 1.807) is 14.7 Å². The van der Waals surface area contributed by atoms with Crippen LogP contribution < -0.4 is 14.7 Å². The Labute approximate surface area is 298 Å². The molecule has 0 atom stereocenters. The van der Waals surface area contributed by atoms with Crippen LogP contribution in [0, 0.1) is 0 Å². The van der Waals surface area contributed by atoms with Gasteiger partial charge in [-0.25, -0.2) is 25.3 Å². The molecule has 0 bridgehead atoms. The molecule has 0 aliphatic rings. The van der Waals surface area contributed by atoms with Crippen LogP contribution in [0.3, 0.4) is 0 Å². The van der Waals surface area contributed by atoms with Gasteiger partial charge < -0.3 is 33.5 Å². The largest absolute Gasteiger partial charge is 0.744 e. The Balaban J connectivity index is 0.000000486. The van der Waals surface area contributed by atoms with Crippen LogP contribution in [0.15, 0.2) is 51.1 Å². The number of hydrogen-bond acceptors (Lipinski definition) is 10. The molecule has 0 fully saturated rings. The average molecular weight is 762 g/mol. The quantitative estimate of drug-likeness (QED) is 0.118. The summed E-state index contributed by atoms with van der Waals surface area (Å²) in [6.45, 7) is 31.5. The second-order valence-corrected chi connectivity index (χ2v) is 15.7. The van der Waals surface area contributed by atoms with E-state index in [-0.39, 0.29) is 32.3 Å². The van der Waals surface area contributed by atoms with E-state index in [0.29, 0.717) is 12.1 Å². The van der Waals surface area contributed by atoms with Crippen molar-refractivity contribution in [2.24, 2.45) is 0 Å². The number of benzene rings is 4. The molecular formula is C34H55N3O10S3. The van der Waals surface area contributed by atoms with Crippen LogP contribution in [0.1, 0.15) is 62.3 Å². The van der Waals surface area contributed by atoms with Gasteiger partial charge in [0.1, 0.15) is 36.1 Å². The summed E-state index contributed by atoms with van der Waals surface area (Å²) < 4.78 is 105. The molecule has 0 radical (unpaired) electrons. The maximum Gasteiger partial charge on any atom is 0.125 e. The summed E-state index contributed by atoms with van der Waals surface area (Å²) in [6.07, 6.45) is 0. The first kappa shape index (κ1) is 45.4. The monoisotopic (exact) mass is 761 g/mol. The topological polar surface area (TPSA) is 205 Å². The second kappa shape index (κ2) is 19.8. The molecule has 13 nitrogen and oxygen atoms in total. The lowest BCUT2D eigenvalue weighted by molar-refractivity contribution is -0.894. The molecule has 0 aromatic heterocycles. The third-order valence-electron chi connectivity index (χ3n) is 9.07. The summed E-state index contributed by atoms with van der Waals surface area (Å²) in [7, 11) is -15.6. The Kier molecular flexibility index (Phi) is 18.0. The lowest BCUT2D eigenvalue weighted by Gasteiger charge is -2.21. The Morgan fingerprint density at radius 2 is 0.660 bits per heavy atom. The number of hydrogen-bond donors (Lipinski definition) is 4. The molecule has 50 heavy (non-hydrogen) atoms. The van der Waals surface area contributed by atoms with Gasteiger partial charge >= 0.3 is 0 Å². The molecule has 284 valence electrons. The summed E-state index contributed by atoms with van der Waals surface area (Å²) in [5, 5.41) is 8.89. The molecule has 0 heterocycles. The molecule has 4 rings (SSSR count). The van der Waals surface area contributed by atoms with Gasteiger partial charge in [0.15, 0.2) is 0 Å². The zero-order chi connectivity index (χ0) is 38.6. The van der Waals surface area contributed by atoms with Crippen LogP contribution >= 0.6 is 0 Å². The first-order valence-electron chi connectivity index (χ1n) is 17.1. The van der Waals surface area contributed by atoms with Gasteiger partial charge in [-0.05, 0) is 80.5 Å². The predicted molar refractivity (Wildman–Crippen MR) is 193 cm³/mol. The summed E-state index contributed by atoms with van der Waals surface area (Å²) >= 11 is 0. The van der Waals surface area contributed by atoms with Gasteiger partial charge in [0, 0.05) is 32.3 Å². The van der Waals surface area contributed by atoms with Gasteiger partial charge in [-0.15, -0.1) is 0 Å². The van der Waals surface area contributed by atoms with E-state index in [1.165, 1.54) is 65.0 Å². The van der Waals surface area contributed by atoms with Gasteiger partial charge in [0.05, 0.1) is 73.6 Å². The molecule has 0 aliphatic heterocycles. The van der Waals surface area contributed by atoms with Gasteiger partial charge in [0.25, 0.3) is 0 Å². The van der Waals surface area contributed by atoms with Crippen molar-refractivity contribution >= 4 is 62.7 Å². The van der Waals surface area contributed by atoms with Crippen molar-refractivity contribution in [3.05, 3.63) is 36.4 Å². The minimum Gasteiger partial charge on any atom is -0.744 e. The van der Waals surface area contributed by atoms with Crippen molar-refractivity contribution in [2.45, 2.75) is 77.0 Å². The number of quaternary nitrogens is 3. The van der Waals surface area contributed by atoms with Crippen molar-refractivity contribution in [3.63, 3.8) is 0 Å². The molecule has 0 saturated heterocycles. The molecule has 0 unspecified atom stereocenters. The molecule has 4 N–H and O–H groups in total. The smallest absolute Gasteiger partial charge is 0.125 e. The fourth-order valence-corrected chi connectivity index (χ4v) is 7.92. The highest BCUT2D eigenvalue weighted by Crippen LogP contribution is 2.44. The molecule has 0 amide bonds. The molecule has 16 heteroatoms. The first-order valence-corrected chi connectivity index (χ1v) is 21.3. The Bertz CT molecular complexity index is 1890. The van der Waals surface area contributed by atoms with Gasteiger partial charge in [-0.2, -0.15) is 0 Å². The average Bonchev–Trinajstić information content (AvgIpc) is 3.06. The van der Waals surface area contributed by atoms with Crippen molar-refractivity contribution in [2.75, 3.05) is 58.9 Å². The fraction of sp³-hybridized carbons (Fsp3) is 0.529. The number of nitrogens with one attached hydrogen (secondary N) is 3. The first-order chi connectivity index (χ1) is 23.2. The standard InChI is InChI=1S/C16H10O10S3.3C6H15N/c17-11-5-12(27(18,19)20)8-3-4-10-14(29(24,25)26)6-13(28(21,22)23)9-2-1-7(11)15(8)16(9)10;3*1-4-7(5-2)6-3/h1-6,17H,(H,18,19,20)(H,21,22,23)(H,24,25,26);3*4-6H2,1-3H3. The van der Waals surface area contributed by atoms with E-state index in [0.717, 1.165) is 18.2 Å². The molecule has 4 aromatic carbocycles. The normalized spacial score (nSPS) is 12.2. The third-order valence-corrected chi connectivity index (χ3v) is 11.7. The zero-order valence-electron chi connectivity index (χ0n) is 30.7. The van der Waals surface area contributed by atoms with Gasteiger partial charge in [-0.1, -0.05) is 18.2 Å². The van der Waals surface area contributed by atoms with Gasteiger partial charge in [0.2, 0.25) is 0 Å². The minimum absolute atomic E-state index is 0.0415. The van der Waals surface area contributed by atoms with E-state index in [2.05, 4.69) is 62.3 Å². The summed E-state index contributed by atoms with van der Waals surface area (Å²) in [6, 6.07) is 5.54. The lowest BCUT2D eigenvalue weighted by atomic mass is 9.94. The van der Waals surface area contributed by atoms with Crippen LogP contribution in [-0.4, -0.2) is 103 Å². The maximum absolute atomic E-state index is 11.7. The molecule has 0 aliphatic carbocycles. The number of rotatable bonds is 12. The highest BCUT2D eigenvalue weighted by atomic mass is 32.2. The Morgan fingerprint density at radius 1 is 0.440 bits per heavy atom. The molecule has 0 spiro atoms. The highest BCUT2D eigenvalue weighted by Gasteiger charge is 2.23. The SMILES string of the molecule is CC[NH+](CC)CC.CC[NH+](CC)CC.CC[NH+](CC)CC.O=S(=O)([O-])c1cc(O)c2ccc3c(S(=O)(=O)[O-])cc(S(=O)(=O)[O-])c4ccc1c2c34. The summed E-state index contributed by atoms with van der Waals surface area (Å²) in [5.41, 5.74) is 0. The number of phenols is 1. The van der Waals surface area contributed by atoms with Gasteiger partial charge in [-0.3, -0.25) is 0 Å². The van der Waals surface area contributed by atoms with E-state index >= 15 is 0 Å². The van der Waals surface area contributed by atoms with Crippen molar-refractivity contribution in [3.8, 4) is 5.75 Å². The van der Waals surface area contributed by atoms with Crippen molar-refractivity contribution < 1.29 is 58.7 Å². The second-order valence-electron chi connectivity index (χ2n) is 11.6. The van der Waals surface area contributed by atoms with Crippen LogP contribution in [0.2, 0.25) is 0 Å². The van der Waals surface area contributed by atoms with E-state index in [4.69, 9.17) is 0 Å². The van der Waals surface area contributed by atoms with E-state index in [9.17, 15) is 44.0 Å². The zero-order valence-corrected chi connectivity index (χ0v) is 33.1. The van der Waals surface area contributed by atoms with Crippen LogP contribution in [0.5, 0.6) is 5.75 Å². The number of phenolic OH excluding ortho intramolecular Hbond substituents is 1. The highest BCUT2D eigenvalue weighted by molar-refractivity contribution is 7.87. The van der Waals surface area contributed by atoms with E-state index < -0.39 is 50.8 Å². The lowest BCUT2D eigenvalue weighted by Crippen LogP contribution is -3.11. The van der Waals surface area contributed by atoms with Crippen molar-refractivity contribution in [1.29, 1.82) is 0 Å². The number of aromatic hydroxyl groups is 1. The molecular weight excluding hydrogens is 707 g/mol. The van der Waals surface area contributed by atoms with Crippen LogP contribution in [0.4, 0.5) is 0 Å². The van der Waals surface area contributed by atoms with E-state index in [1.807, 2.05) is 0 Å². The molecule has 0 saturated carbocycles. The summed E-state index contributed by atoms with van der Waals surface area (Å²) in [5.74, 6) is -0.650. The predicted octanol–water partition coefficient (Wildman–Crippen LogP) is 0.795. The Morgan fingerprint density at radius 3 is 0.880 bits per heavy atom.